The highest BCUT2D eigenvalue weighted by atomic mass is 15.0. The Morgan fingerprint density at radius 1 is 0.132 bits per heavy atom. The SMILES string of the molecule is c1ccc(-c2cc(-c3cccc(-c4ccc(-c5nc(-c6ccccc6)nc(-c6ccc7cnccc7c6)n5)cc4)c3)nc(-c3ccccc3)n2)cc1.c1ccc(-c2cc(-c3cccc(-c4ccc(-c5nc(-c6ccccc6)nc(-c6ccccc6)n5)cc4)c3)nc(-c3cccc(-c4cccnc4)c3)n2)cc1. The molecule has 0 unspecified atom stereocenters. The van der Waals surface area contributed by atoms with Crippen LogP contribution in [0.4, 0.5) is 0 Å². The molecule has 12 nitrogen and oxygen atoms in total. The average molecular weight is 1360 g/mol. The van der Waals surface area contributed by atoms with Gasteiger partial charge in [-0.05, 0) is 81.7 Å². The monoisotopic (exact) mass is 1360 g/mol. The molecule has 18 aromatic rings. The van der Waals surface area contributed by atoms with Crippen molar-refractivity contribution in [2.75, 3.05) is 0 Å². The molecule has 0 saturated carbocycles. The van der Waals surface area contributed by atoms with Gasteiger partial charge in [0, 0.05) is 102 Å². The van der Waals surface area contributed by atoms with E-state index in [1.165, 1.54) is 0 Å². The topological polar surface area (TPSA) is 155 Å². The summed E-state index contributed by atoms with van der Waals surface area (Å²) in [5.74, 6) is 5.11. The lowest BCUT2D eigenvalue weighted by Gasteiger charge is -2.12. The zero-order chi connectivity index (χ0) is 70.8. The smallest absolute Gasteiger partial charge is 0.164 e. The van der Waals surface area contributed by atoms with E-state index >= 15 is 0 Å². The Hall–Kier alpha value is -14.6. The van der Waals surface area contributed by atoms with Crippen molar-refractivity contribution in [2.24, 2.45) is 0 Å². The fourth-order valence-electron chi connectivity index (χ4n) is 12.8. The van der Waals surface area contributed by atoms with Gasteiger partial charge in [-0.3, -0.25) is 9.97 Å². The van der Waals surface area contributed by atoms with Crippen LogP contribution in [0.2, 0.25) is 0 Å². The number of benzene rings is 12. The summed E-state index contributed by atoms with van der Waals surface area (Å²) in [5, 5.41) is 2.15. The summed E-state index contributed by atoms with van der Waals surface area (Å²) in [6, 6.07) is 119. The van der Waals surface area contributed by atoms with E-state index in [4.69, 9.17) is 49.8 Å². The zero-order valence-corrected chi connectivity index (χ0v) is 57.2. The van der Waals surface area contributed by atoms with Crippen LogP contribution < -0.4 is 0 Å². The maximum Gasteiger partial charge on any atom is 0.164 e. The third-order valence-corrected chi connectivity index (χ3v) is 18.3. The van der Waals surface area contributed by atoms with E-state index in [1.54, 1.807) is 12.4 Å². The lowest BCUT2D eigenvalue weighted by Crippen LogP contribution is -2.00. The van der Waals surface area contributed by atoms with Crippen LogP contribution >= 0.6 is 0 Å². The van der Waals surface area contributed by atoms with E-state index in [1.807, 2.05) is 194 Å². The number of fused-ring (bicyclic) bond motifs is 1. The minimum atomic E-state index is 0.613. The molecule has 0 N–H and O–H groups in total. The molecular formula is C94H62N12. The molecule has 0 radical (unpaired) electrons. The summed E-state index contributed by atoms with van der Waals surface area (Å²) < 4.78 is 0. The van der Waals surface area contributed by atoms with Crippen LogP contribution in [-0.4, -0.2) is 59.8 Å². The van der Waals surface area contributed by atoms with Gasteiger partial charge < -0.3 is 0 Å². The molecule has 0 aliphatic rings. The maximum absolute atomic E-state index is 5.14. The molecule has 0 aliphatic heterocycles. The first-order valence-electron chi connectivity index (χ1n) is 34.9. The van der Waals surface area contributed by atoms with Gasteiger partial charge in [0.1, 0.15) is 0 Å². The van der Waals surface area contributed by atoms with Crippen molar-refractivity contribution in [3.05, 3.63) is 377 Å². The van der Waals surface area contributed by atoms with Gasteiger partial charge in [0.2, 0.25) is 0 Å². The molecule has 12 aromatic carbocycles. The normalized spacial score (nSPS) is 11.0. The molecule has 6 aromatic heterocycles. The number of nitrogens with zero attached hydrogens (tertiary/aromatic N) is 12. The molecule has 0 fully saturated rings. The highest BCUT2D eigenvalue weighted by Gasteiger charge is 2.19. The maximum atomic E-state index is 5.14. The fraction of sp³-hybridized carbons (Fsp3) is 0. The first-order chi connectivity index (χ1) is 52.5. The van der Waals surface area contributed by atoms with Crippen LogP contribution in [0.3, 0.4) is 0 Å². The van der Waals surface area contributed by atoms with E-state index in [2.05, 4.69) is 180 Å². The third kappa shape index (κ3) is 14.5. The minimum absolute atomic E-state index is 0.613. The van der Waals surface area contributed by atoms with Crippen LogP contribution in [0.5, 0.6) is 0 Å². The van der Waals surface area contributed by atoms with Gasteiger partial charge in [-0.1, -0.05) is 303 Å². The van der Waals surface area contributed by atoms with Crippen molar-refractivity contribution in [1.82, 2.24) is 59.8 Å². The van der Waals surface area contributed by atoms with Crippen LogP contribution in [-0.2, 0) is 0 Å². The van der Waals surface area contributed by atoms with Crippen molar-refractivity contribution in [2.45, 2.75) is 0 Å². The first kappa shape index (κ1) is 64.7. The van der Waals surface area contributed by atoms with E-state index in [9.17, 15) is 0 Å². The molecule has 0 amide bonds. The van der Waals surface area contributed by atoms with Crippen molar-refractivity contribution in [3.63, 3.8) is 0 Å². The molecule has 0 aliphatic carbocycles. The summed E-state index contributed by atoms with van der Waals surface area (Å²) in [7, 11) is 0. The summed E-state index contributed by atoms with van der Waals surface area (Å²) in [5.41, 5.74) is 21.4. The summed E-state index contributed by atoms with van der Waals surface area (Å²) in [4.78, 5) is 58.2. The number of hydrogen-bond donors (Lipinski definition) is 0. The van der Waals surface area contributed by atoms with E-state index in [-0.39, 0.29) is 0 Å². The molecular weight excluding hydrogens is 1300 g/mol. The van der Waals surface area contributed by atoms with E-state index < -0.39 is 0 Å². The van der Waals surface area contributed by atoms with Crippen LogP contribution in [0.1, 0.15) is 0 Å². The van der Waals surface area contributed by atoms with E-state index in [0.717, 1.165) is 134 Å². The number of pyridine rings is 2. The lowest BCUT2D eigenvalue weighted by molar-refractivity contribution is 1.07. The second kappa shape index (κ2) is 29.9. The molecule has 0 saturated heterocycles. The zero-order valence-electron chi connectivity index (χ0n) is 57.2. The van der Waals surface area contributed by atoms with Crippen LogP contribution in [0, 0.1) is 0 Å². The number of hydrogen-bond acceptors (Lipinski definition) is 12. The fourth-order valence-corrected chi connectivity index (χ4v) is 12.8. The third-order valence-electron chi connectivity index (χ3n) is 18.3. The van der Waals surface area contributed by atoms with Gasteiger partial charge in [0.15, 0.2) is 46.6 Å². The Balaban J connectivity index is 0.000000156. The number of rotatable bonds is 15. The second-order valence-electron chi connectivity index (χ2n) is 25.3. The summed E-state index contributed by atoms with van der Waals surface area (Å²) in [6.45, 7) is 0. The Labute approximate surface area is 613 Å². The molecule has 498 valence electrons. The van der Waals surface area contributed by atoms with Crippen molar-refractivity contribution in [3.8, 4) is 170 Å². The second-order valence-corrected chi connectivity index (χ2v) is 25.3. The highest BCUT2D eigenvalue weighted by molar-refractivity contribution is 5.87. The van der Waals surface area contributed by atoms with Crippen LogP contribution in [0.15, 0.2) is 377 Å². The van der Waals surface area contributed by atoms with Crippen molar-refractivity contribution >= 4 is 10.8 Å². The highest BCUT2D eigenvalue weighted by Crippen LogP contribution is 2.36. The standard InChI is InChI=1S/C48H32N6.C46H30N6/c1-4-13-34(14-5-1)43-31-44(51-48(50-43)41-22-11-20-39(30-41)42-23-12-28-49-32-42)40-21-10-19-38(29-40)33-24-26-37(27-25-33)47-53-45(35-15-6-2-7-16-35)52-46(54-47)36-17-8-3-9-18-36;1-4-11-32(12-5-1)41-29-42(49-43(48-41)33-13-6-2-7-14-33)38-18-10-17-36(27-38)31-19-21-35(22-20-31)45-50-44(34-15-8-3-9-16-34)51-46(52-45)39-23-24-40-30-47-26-25-37(40)28-39/h1-32H;1-30H. The van der Waals surface area contributed by atoms with Gasteiger partial charge in [0.05, 0.1) is 22.8 Å². The minimum Gasteiger partial charge on any atom is -0.264 e. The largest absolute Gasteiger partial charge is 0.264 e. The Kier molecular flexibility index (Phi) is 18.3. The first-order valence-corrected chi connectivity index (χ1v) is 34.9. The van der Waals surface area contributed by atoms with Gasteiger partial charge in [-0.15, -0.1) is 0 Å². The Morgan fingerprint density at radius 2 is 0.406 bits per heavy atom. The predicted molar refractivity (Wildman–Crippen MR) is 425 cm³/mol. The lowest BCUT2D eigenvalue weighted by atomic mass is 9.99. The number of aromatic nitrogens is 12. The molecule has 0 atom stereocenters. The average Bonchev–Trinajstić information content (AvgIpc) is 1.59. The molecule has 0 spiro atoms. The van der Waals surface area contributed by atoms with Crippen molar-refractivity contribution < 1.29 is 0 Å². The molecule has 106 heavy (non-hydrogen) atoms. The molecule has 0 bridgehead atoms. The predicted octanol–water partition coefficient (Wildman–Crippen LogP) is 22.3. The summed E-state index contributed by atoms with van der Waals surface area (Å²) >= 11 is 0. The quantitative estimate of drug-likeness (QED) is 0.0959. The van der Waals surface area contributed by atoms with Gasteiger partial charge in [-0.2, -0.15) is 0 Å². The Morgan fingerprint density at radius 3 is 0.811 bits per heavy atom. The molecule has 12 heteroatoms. The Bertz CT molecular complexity index is 5980. The molecule has 18 rings (SSSR count). The van der Waals surface area contributed by atoms with Gasteiger partial charge in [0.25, 0.3) is 0 Å². The van der Waals surface area contributed by atoms with E-state index in [0.29, 0.717) is 46.6 Å². The van der Waals surface area contributed by atoms with Crippen molar-refractivity contribution in [1.29, 1.82) is 0 Å². The molecule has 6 heterocycles. The van der Waals surface area contributed by atoms with Gasteiger partial charge in [-0.25, -0.2) is 49.8 Å². The van der Waals surface area contributed by atoms with Gasteiger partial charge >= 0.3 is 0 Å². The van der Waals surface area contributed by atoms with Crippen LogP contribution in [0.25, 0.3) is 180 Å². The summed E-state index contributed by atoms with van der Waals surface area (Å²) in [6.07, 6.45) is 7.32.